The summed E-state index contributed by atoms with van der Waals surface area (Å²) in [5.74, 6) is -1.27. The number of hydrogen-bond acceptors (Lipinski definition) is 3. The van der Waals surface area contributed by atoms with Crippen molar-refractivity contribution in [3.05, 3.63) is 64.7 Å². The van der Waals surface area contributed by atoms with E-state index in [-0.39, 0.29) is 16.2 Å². The normalized spacial score (nSPS) is 11.2. The van der Waals surface area contributed by atoms with Crippen LogP contribution in [0.1, 0.15) is 15.9 Å². The highest BCUT2D eigenvalue weighted by Gasteiger charge is 2.16. The second kappa shape index (κ2) is 5.64. The smallest absolute Gasteiger partial charge is 0.335 e. The Morgan fingerprint density at radius 1 is 1.10 bits per heavy atom. The Morgan fingerprint density at radius 2 is 1.75 bits per heavy atom. The summed E-state index contributed by atoms with van der Waals surface area (Å²) in [6.07, 6.45) is 0. The van der Waals surface area contributed by atoms with E-state index in [1.54, 1.807) is 24.3 Å². The molecular formula is C14H11ClO4S. The topological polar surface area (TPSA) is 71.4 Å². The summed E-state index contributed by atoms with van der Waals surface area (Å²) in [5.41, 5.74) is 0.631. The van der Waals surface area contributed by atoms with Crippen LogP contribution in [0.5, 0.6) is 0 Å². The Balaban J connectivity index is 2.28. The monoisotopic (exact) mass is 310 g/mol. The Bertz CT molecular complexity index is 736. The van der Waals surface area contributed by atoms with Gasteiger partial charge in [0.05, 0.1) is 16.2 Å². The summed E-state index contributed by atoms with van der Waals surface area (Å²) in [4.78, 5) is 10.8. The summed E-state index contributed by atoms with van der Waals surface area (Å²) in [7, 11) is -3.52. The van der Waals surface area contributed by atoms with Crippen LogP contribution in [0, 0.1) is 0 Å². The molecule has 0 unspecified atom stereocenters. The first-order chi connectivity index (χ1) is 9.38. The van der Waals surface area contributed by atoms with E-state index in [1.807, 2.05) is 0 Å². The fourth-order valence-corrected chi connectivity index (χ4v) is 3.28. The minimum absolute atomic E-state index is 0.0479. The lowest BCUT2D eigenvalue weighted by atomic mass is 10.2. The standard InChI is InChI=1S/C14H11ClO4S/c15-12-3-1-2-10(8-12)9-20(18,19)13-6-4-11(5-7-13)14(16)17/h1-8H,9H2,(H,16,17). The molecule has 0 radical (unpaired) electrons. The van der Waals surface area contributed by atoms with E-state index in [2.05, 4.69) is 0 Å². The average molecular weight is 311 g/mol. The lowest BCUT2D eigenvalue weighted by molar-refractivity contribution is 0.0697. The van der Waals surface area contributed by atoms with E-state index in [9.17, 15) is 13.2 Å². The number of sulfone groups is 1. The quantitative estimate of drug-likeness (QED) is 0.942. The average Bonchev–Trinajstić information content (AvgIpc) is 2.38. The van der Waals surface area contributed by atoms with Gasteiger partial charge in [-0.05, 0) is 42.0 Å². The molecule has 6 heteroatoms. The SMILES string of the molecule is O=C(O)c1ccc(S(=O)(=O)Cc2cccc(Cl)c2)cc1. The highest BCUT2D eigenvalue weighted by atomic mass is 35.5. The zero-order valence-electron chi connectivity index (χ0n) is 10.3. The maximum atomic E-state index is 12.2. The van der Waals surface area contributed by atoms with Crippen LogP contribution in [0.2, 0.25) is 5.02 Å². The summed E-state index contributed by atoms with van der Waals surface area (Å²) in [6.45, 7) is 0. The number of hydrogen-bond donors (Lipinski definition) is 1. The van der Waals surface area contributed by atoms with Crippen LogP contribution in [0.15, 0.2) is 53.4 Å². The Kier molecular flexibility index (Phi) is 4.11. The molecule has 0 saturated carbocycles. The molecule has 2 rings (SSSR count). The third-order valence-corrected chi connectivity index (χ3v) is 4.64. The number of carboxylic acids is 1. The highest BCUT2D eigenvalue weighted by molar-refractivity contribution is 7.90. The van der Waals surface area contributed by atoms with Crippen LogP contribution in [-0.2, 0) is 15.6 Å². The molecular weight excluding hydrogens is 300 g/mol. The van der Waals surface area contributed by atoms with Crippen LogP contribution < -0.4 is 0 Å². The van der Waals surface area contributed by atoms with Gasteiger partial charge in [-0.2, -0.15) is 0 Å². The van der Waals surface area contributed by atoms with E-state index < -0.39 is 15.8 Å². The Labute approximate surface area is 121 Å². The van der Waals surface area contributed by atoms with Crippen molar-refractivity contribution in [2.24, 2.45) is 0 Å². The maximum Gasteiger partial charge on any atom is 0.335 e. The van der Waals surface area contributed by atoms with Crippen molar-refractivity contribution >= 4 is 27.4 Å². The molecule has 0 atom stereocenters. The molecule has 20 heavy (non-hydrogen) atoms. The van der Waals surface area contributed by atoms with Crippen LogP contribution in [0.4, 0.5) is 0 Å². The van der Waals surface area contributed by atoms with Gasteiger partial charge in [-0.25, -0.2) is 13.2 Å². The minimum atomic E-state index is -3.52. The second-order valence-corrected chi connectivity index (χ2v) is 6.64. The van der Waals surface area contributed by atoms with Gasteiger partial charge in [0.25, 0.3) is 0 Å². The first-order valence-electron chi connectivity index (χ1n) is 5.69. The van der Waals surface area contributed by atoms with Crippen LogP contribution in [0.25, 0.3) is 0 Å². The fourth-order valence-electron chi connectivity index (χ4n) is 1.73. The molecule has 2 aromatic carbocycles. The number of carbonyl (C=O) groups is 1. The molecule has 0 aromatic heterocycles. The predicted molar refractivity (Wildman–Crippen MR) is 75.7 cm³/mol. The van der Waals surface area contributed by atoms with E-state index in [0.29, 0.717) is 10.6 Å². The van der Waals surface area contributed by atoms with Crippen molar-refractivity contribution in [3.63, 3.8) is 0 Å². The van der Waals surface area contributed by atoms with Gasteiger partial charge in [-0.1, -0.05) is 23.7 Å². The van der Waals surface area contributed by atoms with Crippen molar-refractivity contribution in [1.82, 2.24) is 0 Å². The van der Waals surface area contributed by atoms with Crippen molar-refractivity contribution < 1.29 is 18.3 Å². The van der Waals surface area contributed by atoms with Gasteiger partial charge in [0.2, 0.25) is 0 Å². The lowest BCUT2D eigenvalue weighted by Gasteiger charge is -2.05. The summed E-state index contributed by atoms with van der Waals surface area (Å²) < 4.78 is 24.4. The summed E-state index contributed by atoms with van der Waals surface area (Å²) in [5, 5.41) is 9.25. The fraction of sp³-hybridized carbons (Fsp3) is 0.0714. The number of benzene rings is 2. The number of aromatic carboxylic acids is 1. The molecule has 1 N–H and O–H groups in total. The van der Waals surface area contributed by atoms with Gasteiger partial charge < -0.3 is 5.11 Å². The molecule has 0 bridgehead atoms. The zero-order valence-corrected chi connectivity index (χ0v) is 11.9. The number of carboxylic acid groups (broad SMARTS) is 1. The van der Waals surface area contributed by atoms with Crippen molar-refractivity contribution in [2.75, 3.05) is 0 Å². The van der Waals surface area contributed by atoms with E-state index >= 15 is 0 Å². The van der Waals surface area contributed by atoms with Crippen LogP contribution >= 0.6 is 11.6 Å². The van der Waals surface area contributed by atoms with E-state index in [0.717, 1.165) is 0 Å². The van der Waals surface area contributed by atoms with Crippen LogP contribution in [-0.4, -0.2) is 19.5 Å². The summed E-state index contributed by atoms with van der Waals surface area (Å²) in [6, 6.07) is 11.7. The zero-order chi connectivity index (χ0) is 14.8. The first kappa shape index (κ1) is 14.6. The molecule has 0 aliphatic carbocycles. The van der Waals surface area contributed by atoms with Gasteiger partial charge in [-0.15, -0.1) is 0 Å². The van der Waals surface area contributed by atoms with Crippen LogP contribution in [0.3, 0.4) is 0 Å². The van der Waals surface area contributed by atoms with Gasteiger partial charge in [0.15, 0.2) is 9.84 Å². The molecule has 4 nitrogen and oxygen atoms in total. The van der Waals surface area contributed by atoms with Crippen molar-refractivity contribution in [3.8, 4) is 0 Å². The lowest BCUT2D eigenvalue weighted by Crippen LogP contribution is -2.06. The highest BCUT2D eigenvalue weighted by Crippen LogP contribution is 2.19. The maximum absolute atomic E-state index is 12.2. The second-order valence-electron chi connectivity index (χ2n) is 4.22. The largest absolute Gasteiger partial charge is 0.478 e. The molecule has 0 heterocycles. The van der Waals surface area contributed by atoms with E-state index in [1.165, 1.54) is 24.3 Å². The molecule has 0 spiro atoms. The third kappa shape index (κ3) is 3.37. The van der Waals surface area contributed by atoms with Gasteiger partial charge in [-0.3, -0.25) is 0 Å². The van der Waals surface area contributed by atoms with Gasteiger partial charge in [0, 0.05) is 5.02 Å². The molecule has 0 aliphatic heterocycles. The molecule has 0 aliphatic rings. The summed E-state index contributed by atoms with van der Waals surface area (Å²) >= 11 is 5.82. The Morgan fingerprint density at radius 3 is 2.30 bits per heavy atom. The molecule has 2 aromatic rings. The predicted octanol–water partition coefficient (Wildman–Crippen LogP) is 3.01. The van der Waals surface area contributed by atoms with E-state index in [4.69, 9.17) is 16.7 Å². The molecule has 0 fully saturated rings. The third-order valence-electron chi connectivity index (χ3n) is 2.71. The van der Waals surface area contributed by atoms with Gasteiger partial charge >= 0.3 is 5.97 Å². The van der Waals surface area contributed by atoms with Crippen molar-refractivity contribution in [2.45, 2.75) is 10.6 Å². The minimum Gasteiger partial charge on any atom is -0.478 e. The molecule has 0 saturated heterocycles. The molecule has 104 valence electrons. The number of rotatable bonds is 4. The molecule has 0 amide bonds. The number of halogens is 1. The van der Waals surface area contributed by atoms with Crippen molar-refractivity contribution in [1.29, 1.82) is 0 Å². The Hall–Kier alpha value is -1.85. The van der Waals surface area contributed by atoms with Gasteiger partial charge in [0.1, 0.15) is 0 Å². The first-order valence-corrected chi connectivity index (χ1v) is 7.72.